The summed E-state index contributed by atoms with van der Waals surface area (Å²) >= 11 is 0. The molecule has 0 bridgehead atoms. The first-order valence-corrected chi connectivity index (χ1v) is 5.21. The SMILES string of the molecule is COc1ccc(C2=Nc3ccccc32)cc1. The number of methoxy groups -OCH3 is 1. The maximum absolute atomic E-state index is 5.13. The smallest absolute Gasteiger partial charge is 0.118 e. The summed E-state index contributed by atoms with van der Waals surface area (Å²) in [5.74, 6) is 0.872. The van der Waals surface area contributed by atoms with Crippen molar-refractivity contribution >= 4 is 11.4 Å². The van der Waals surface area contributed by atoms with Gasteiger partial charge in [0.1, 0.15) is 5.75 Å². The van der Waals surface area contributed by atoms with Crippen molar-refractivity contribution in [2.24, 2.45) is 4.99 Å². The molecule has 0 radical (unpaired) electrons. The molecule has 1 heterocycles. The van der Waals surface area contributed by atoms with Crippen LogP contribution >= 0.6 is 0 Å². The van der Waals surface area contributed by atoms with Gasteiger partial charge in [-0.15, -0.1) is 0 Å². The fourth-order valence-electron chi connectivity index (χ4n) is 1.87. The zero-order valence-corrected chi connectivity index (χ0v) is 8.97. The largest absolute Gasteiger partial charge is 0.497 e. The van der Waals surface area contributed by atoms with Crippen molar-refractivity contribution in [3.8, 4) is 5.75 Å². The van der Waals surface area contributed by atoms with E-state index in [1.165, 1.54) is 5.56 Å². The Morgan fingerprint density at radius 2 is 1.69 bits per heavy atom. The van der Waals surface area contributed by atoms with Gasteiger partial charge in [-0.05, 0) is 30.3 Å². The summed E-state index contributed by atoms with van der Waals surface area (Å²) < 4.78 is 5.13. The summed E-state index contributed by atoms with van der Waals surface area (Å²) in [4.78, 5) is 4.49. The van der Waals surface area contributed by atoms with Crippen LogP contribution in [0, 0.1) is 0 Å². The zero-order chi connectivity index (χ0) is 11.0. The van der Waals surface area contributed by atoms with E-state index in [1.807, 2.05) is 42.5 Å². The molecule has 2 heteroatoms. The maximum Gasteiger partial charge on any atom is 0.118 e. The molecule has 0 atom stereocenters. The third-order valence-electron chi connectivity index (χ3n) is 2.75. The Balaban J connectivity index is 1.96. The molecule has 0 fully saturated rings. The first-order chi connectivity index (χ1) is 7.88. The van der Waals surface area contributed by atoms with E-state index in [0.29, 0.717) is 0 Å². The van der Waals surface area contributed by atoms with Crippen LogP contribution < -0.4 is 4.74 Å². The monoisotopic (exact) mass is 209 g/mol. The molecule has 0 aliphatic carbocycles. The fraction of sp³-hybridized carbons (Fsp3) is 0.0714. The Morgan fingerprint density at radius 1 is 0.938 bits per heavy atom. The molecule has 1 aliphatic rings. The van der Waals surface area contributed by atoms with Gasteiger partial charge >= 0.3 is 0 Å². The van der Waals surface area contributed by atoms with E-state index in [9.17, 15) is 0 Å². The minimum Gasteiger partial charge on any atom is -0.497 e. The van der Waals surface area contributed by atoms with Crippen LogP contribution in [0.2, 0.25) is 0 Å². The van der Waals surface area contributed by atoms with Crippen molar-refractivity contribution in [2.45, 2.75) is 0 Å². The van der Waals surface area contributed by atoms with Crippen molar-refractivity contribution < 1.29 is 4.74 Å². The summed E-state index contributed by atoms with van der Waals surface area (Å²) in [5.41, 5.74) is 4.51. The van der Waals surface area contributed by atoms with Gasteiger partial charge in [-0.3, -0.25) is 0 Å². The molecule has 0 saturated carbocycles. The quantitative estimate of drug-likeness (QED) is 0.635. The lowest BCUT2D eigenvalue weighted by molar-refractivity contribution is 0.415. The zero-order valence-electron chi connectivity index (χ0n) is 8.97. The van der Waals surface area contributed by atoms with Crippen molar-refractivity contribution in [1.29, 1.82) is 0 Å². The van der Waals surface area contributed by atoms with E-state index < -0.39 is 0 Å². The minimum atomic E-state index is 0.872. The van der Waals surface area contributed by atoms with Crippen molar-refractivity contribution in [2.75, 3.05) is 7.11 Å². The Hall–Kier alpha value is -2.09. The van der Waals surface area contributed by atoms with Gasteiger partial charge < -0.3 is 4.74 Å². The van der Waals surface area contributed by atoms with Crippen molar-refractivity contribution in [1.82, 2.24) is 0 Å². The van der Waals surface area contributed by atoms with Crippen molar-refractivity contribution in [3.05, 3.63) is 59.7 Å². The highest BCUT2D eigenvalue weighted by molar-refractivity contribution is 6.21. The highest BCUT2D eigenvalue weighted by atomic mass is 16.5. The molecule has 2 aromatic rings. The maximum atomic E-state index is 5.13. The molecule has 0 N–H and O–H groups in total. The van der Waals surface area contributed by atoms with E-state index in [-0.39, 0.29) is 0 Å². The molecule has 0 unspecified atom stereocenters. The van der Waals surface area contributed by atoms with Gasteiger partial charge in [0, 0.05) is 11.1 Å². The summed E-state index contributed by atoms with van der Waals surface area (Å²) in [6.07, 6.45) is 0. The van der Waals surface area contributed by atoms with Crippen LogP contribution in [0.15, 0.2) is 53.5 Å². The molecule has 0 amide bonds. The predicted molar refractivity (Wildman–Crippen MR) is 64.7 cm³/mol. The Labute approximate surface area is 94.2 Å². The second kappa shape index (κ2) is 3.49. The van der Waals surface area contributed by atoms with Crippen LogP contribution in [0.5, 0.6) is 5.75 Å². The molecule has 78 valence electrons. The van der Waals surface area contributed by atoms with Crippen molar-refractivity contribution in [3.63, 3.8) is 0 Å². The number of aliphatic imine (C=N–C) groups is 1. The van der Waals surface area contributed by atoms with Gasteiger partial charge in [-0.2, -0.15) is 0 Å². The summed E-state index contributed by atoms with van der Waals surface area (Å²) in [6, 6.07) is 16.2. The molecule has 16 heavy (non-hydrogen) atoms. The first kappa shape index (κ1) is 9.16. The van der Waals surface area contributed by atoms with Crippen LogP contribution in [0.1, 0.15) is 11.1 Å². The van der Waals surface area contributed by atoms with Gasteiger partial charge in [0.15, 0.2) is 0 Å². The molecular weight excluding hydrogens is 198 g/mol. The van der Waals surface area contributed by atoms with Gasteiger partial charge in [0.2, 0.25) is 0 Å². The summed E-state index contributed by atoms with van der Waals surface area (Å²) in [5, 5.41) is 0. The number of fused-ring (bicyclic) bond motifs is 1. The van der Waals surface area contributed by atoms with Crippen LogP contribution in [-0.4, -0.2) is 12.8 Å². The number of rotatable bonds is 2. The number of ether oxygens (including phenoxy) is 1. The number of para-hydroxylation sites is 1. The average molecular weight is 209 g/mol. The summed E-state index contributed by atoms with van der Waals surface area (Å²) in [6.45, 7) is 0. The Bertz CT molecular complexity index is 555. The highest BCUT2D eigenvalue weighted by Gasteiger charge is 2.18. The molecule has 2 nitrogen and oxygen atoms in total. The molecular formula is C14H11NO. The van der Waals surface area contributed by atoms with Crippen LogP contribution in [-0.2, 0) is 0 Å². The normalized spacial score (nSPS) is 12.4. The van der Waals surface area contributed by atoms with Crippen LogP contribution in [0.25, 0.3) is 0 Å². The predicted octanol–water partition coefficient (Wildman–Crippen LogP) is 3.18. The number of hydrogen-bond acceptors (Lipinski definition) is 2. The van der Waals surface area contributed by atoms with Gasteiger partial charge in [-0.1, -0.05) is 18.2 Å². The number of benzene rings is 2. The lowest BCUT2D eigenvalue weighted by atomic mass is 9.96. The molecule has 0 aromatic heterocycles. The van der Waals surface area contributed by atoms with Gasteiger partial charge in [0.25, 0.3) is 0 Å². The average Bonchev–Trinajstić information content (AvgIpc) is 2.32. The standard InChI is InChI=1S/C14H11NO/c1-16-11-8-6-10(7-9-11)14-12-4-2-3-5-13(12)15-14/h2-9H,1H3. The Morgan fingerprint density at radius 3 is 2.38 bits per heavy atom. The third kappa shape index (κ3) is 1.31. The molecule has 3 rings (SSSR count). The van der Waals surface area contributed by atoms with Crippen LogP contribution in [0.3, 0.4) is 0 Å². The molecule has 1 aliphatic heterocycles. The molecule has 2 aromatic carbocycles. The topological polar surface area (TPSA) is 21.6 Å². The lowest BCUT2D eigenvalue weighted by Crippen LogP contribution is -2.10. The number of nitrogens with zero attached hydrogens (tertiary/aromatic N) is 1. The first-order valence-electron chi connectivity index (χ1n) is 5.21. The number of hydrogen-bond donors (Lipinski definition) is 0. The van der Waals surface area contributed by atoms with Gasteiger partial charge in [0.05, 0.1) is 18.5 Å². The van der Waals surface area contributed by atoms with Crippen LogP contribution in [0.4, 0.5) is 5.69 Å². The van der Waals surface area contributed by atoms with E-state index in [0.717, 1.165) is 22.7 Å². The molecule has 0 saturated heterocycles. The lowest BCUT2D eigenvalue weighted by Gasteiger charge is -2.18. The second-order valence-corrected chi connectivity index (χ2v) is 3.71. The molecule has 0 spiro atoms. The second-order valence-electron chi connectivity index (χ2n) is 3.71. The van der Waals surface area contributed by atoms with E-state index in [4.69, 9.17) is 4.74 Å². The third-order valence-corrected chi connectivity index (χ3v) is 2.75. The minimum absolute atomic E-state index is 0.872. The van der Waals surface area contributed by atoms with E-state index in [1.54, 1.807) is 7.11 Å². The fourth-order valence-corrected chi connectivity index (χ4v) is 1.87. The van der Waals surface area contributed by atoms with E-state index in [2.05, 4.69) is 11.1 Å². The van der Waals surface area contributed by atoms with E-state index >= 15 is 0 Å². The van der Waals surface area contributed by atoms with Gasteiger partial charge in [-0.25, -0.2) is 4.99 Å². The Kier molecular flexibility index (Phi) is 2.00. The summed E-state index contributed by atoms with van der Waals surface area (Å²) in [7, 11) is 1.67. The highest BCUT2D eigenvalue weighted by Crippen LogP contribution is 2.32.